The van der Waals surface area contributed by atoms with E-state index < -0.39 is 0 Å². The fourth-order valence-corrected chi connectivity index (χ4v) is 2.05. The summed E-state index contributed by atoms with van der Waals surface area (Å²) in [4.78, 5) is 2.30. The van der Waals surface area contributed by atoms with Gasteiger partial charge < -0.3 is 10.0 Å². The van der Waals surface area contributed by atoms with Crippen LogP contribution in [-0.2, 0) is 0 Å². The van der Waals surface area contributed by atoms with Gasteiger partial charge in [-0.1, -0.05) is 0 Å². The van der Waals surface area contributed by atoms with Gasteiger partial charge in [0.15, 0.2) is 0 Å². The van der Waals surface area contributed by atoms with Crippen LogP contribution in [0.5, 0.6) is 0 Å². The molecule has 0 aromatic heterocycles. The molecule has 58 valence electrons. The molecule has 2 fully saturated rings. The summed E-state index contributed by atoms with van der Waals surface area (Å²) in [7, 11) is 2.12. The fraction of sp³-hybridized carbons (Fsp3) is 1.00. The average molecular weight is 141 g/mol. The third-order valence-corrected chi connectivity index (χ3v) is 2.90. The molecular formula is C8H15NO. The van der Waals surface area contributed by atoms with Gasteiger partial charge in [-0.15, -0.1) is 0 Å². The maximum atomic E-state index is 9.76. The molecule has 0 spiro atoms. The van der Waals surface area contributed by atoms with Gasteiger partial charge in [-0.05, 0) is 39.3 Å². The van der Waals surface area contributed by atoms with E-state index in [1.165, 1.54) is 19.4 Å². The highest BCUT2D eigenvalue weighted by atomic mass is 16.3. The molecule has 1 aliphatic heterocycles. The molecule has 0 radical (unpaired) electrons. The Morgan fingerprint density at radius 1 is 1.50 bits per heavy atom. The maximum absolute atomic E-state index is 9.76. The molecule has 2 heteroatoms. The van der Waals surface area contributed by atoms with E-state index >= 15 is 0 Å². The van der Waals surface area contributed by atoms with E-state index in [0.717, 1.165) is 12.8 Å². The first-order valence-corrected chi connectivity index (χ1v) is 4.15. The number of hydrogen-bond donors (Lipinski definition) is 1. The van der Waals surface area contributed by atoms with Crippen molar-refractivity contribution in [3.05, 3.63) is 0 Å². The van der Waals surface area contributed by atoms with E-state index in [4.69, 9.17) is 0 Å². The summed E-state index contributed by atoms with van der Waals surface area (Å²) in [6, 6.07) is 0.479. The van der Waals surface area contributed by atoms with Gasteiger partial charge in [0.25, 0.3) is 0 Å². The molecule has 1 N–H and O–H groups in total. The van der Waals surface area contributed by atoms with Crippen LogP contribution in [-0.4, -0.2) is 35.2 Å². The van der Waals surface area contributed by atoms with Crippen molar-refractivity contribution in [1.82, 2.24) is 4.90 Å². The first-order chi connectivity index (χ1) is 4.72. The maximum Gasteiger partial charge on any atom is 0.0804 e. The summed E-state index contributed by atoms with van der Waals surface area (Å²) in [6.07, 6.45) is 4.53. The molecule has 1 heterocycles. The molecule has 0 aromatic carbocycles. The Morgan fingerprint density at radius 3 is 2.60 bits per heavy atom. The van der Waals surface area contributed by atoms with Crippen molar-refractivity contribution in [2.45, 2.75) is 37.3 Å². The quantitative estimate of drug-likeness (QED) is 0.578. The highest BCUT2D eigenvalue weighted by Gasteiger charge is 2.50. The van der Waals surface area contributed by atoms with Crippen LogP contribution in [0.2, 0.25) is 0 Å². The molecule has 10 heavy (non-hydrogen) atoms. The van der Waals surface area contributed by atoms with Crippen LogP contribution >= 0.6 is 0 Å². The van der Waals surface area contributed by atoms with Gasteiger partial charge in [0, 0.05) is 6.04 Å². The Kier molecular flexibility index (Phi) is 1.29. The number of hydrogen-bond acceptors (Lipinski definition) is 2. The van der Waals surface area contributed by atoms with Crippen LogP contribution in [0.1, 0.15) is 25.7 Å². The SMILES string of the molecule is CN1CCC[C@H]1C1(O)CC1. The Hall–Kier alpha value is -0.0800. The van der Waals surface area contributed by atoms with Gasteiger partial charge in [0.05, 0.1) is 5.60 Å². The summed E-state index contributed by atoms with van der Waals surface area (Å²) in [5.41, 5.74) is -0.273. The normalized spacial score (nSPS) is 38.4. The molecule has 1 saturated heterocycles. The number of rotatable bonds is 1. The first kappa shape index (κ1) is 6.62. The molecule has 0 unspecified atom stereocenters. The molecule has 2 nitrogen and oxygen atoms in total. The fourth-order valence-electron chi connectivity index (χ4n) is 2.05. The zero-order valence-electron chi connectivity index (χ0n) is 6.51. The Labute approximate surface area is 61.8 Å². The monoisotopic (exact) mass is 141 g/mol. The van der Waals surface area contributed by atoms with Gasteiger partial charge in [-0.3, -0.25) is 0 Å². The molecule has 0 amide bonds. The smallest absolute Gasteiger partial charge is 0.0804 e. The predicted octanol–water partition coefficient (Wildman–Crippen LogP) is 0.605. The van der Waals surface area contributed by atoms with Crippen molar-refractivity contribution in [2.24, 2.45) is 0 Å². The van der Waals surface area contributed by atoms with Gasteiger partial charge in [-0.2, -0.15) is 0 Å². The van der Waals surface area contributed by atoms with Gasteiger partial charge >= 0.3 is 0 Å². The second kappa shape index (κ2) is 1.95. The lowest BCUT2D eigenvalue weighted by molar-refractivity contribution is 0.0631. The van der Waals surface area contributed by atoms with E-state index in [1.54, 1.807) is 0 Å². The van der Waals surface area contributed by atoms with Gasteiger partial charge in [0.1, 0.15) is 0 Å². The topological polar surface area (TPSA) is 23.5 Å². The molecule has 0 bridgehead atoms. The first-order valence-electron chi connectivity index (χ1n) is 4.15. The van der Waals surface area contributed by atoms with E-state index in [1.807, 2.05) is 0 Å². The molecule has 2 rings (SSSR count). The molecule has 1 aliphatic carbocycles. The van der Waals surface area contributed by atoms with Crippen molar-refractivity contribution >= 4 is 0 Å². The predicted molar refractivity (Wildman–Crippen MR) is 39.8 cm³/mol. The van der Waals surface area contributed by atoms with E-state index in [0.29, 0.717) is 6.04 Å². The number of nitrogens with zero attached hydrogens (tertiary/aromatic N) is 1. The molecule has 1 atom stereocenters. The second-order valence-corrected chi connectivity index (χ2v) is 3.74. The van der Waals surface area contributed by atoms with Crippen molar-refractivity contribution in [3.63, 3.8) is 0 Å². The summed E-state index contributed by atoms with van der Waals surface area (Å²) in [5, 5.41) is 9.76. The zero-order valence-corrected chi connectivity index (χ0v) is 6.51. The molecule has 1 saturated carbocycles. The summed E-state index contributed by atoms with van der Waals surface area (Å²) in [5.74, 6) is 0. The van der Waals surface area contributed by atoms with Crippen molar-refractivity contribution in [1.29, 1.82) is 0 Å². The van der Waals surface area contributed by atoms with Crippen LogP contribution in [0, 0.1) is 0 Å². The lowest BCUT2D eigenvalue weighted by Crippen LogP contribution is -2.37. The summed E-state index contributed by atoms with van der Waals surface area (Å²) in [6.45, 7) is 1.17. The average Bonchev–Trinajstić information content (AvgIpc) is 2.44. The van der Waals surface area contributed by atoms with Crippen molar-refractivity contribution in [3.8, 4) is 0 Å². The lowest BCUT2D eigenvalue weighted by Gasteiger charge is -2.24. The standard InChI is InChI=1S/C8H15NO/c1-9-6-2-3-7(9)8(10)4-5-8/h7,10H,2-6H2,1H3/t7-/m0/s1. The lowest BCUT2D eigenvalue weighted by atomic mass is 10.1. The van der Waals surface area contributed by atoms with Crippen molar-refractivity contribution < 1.29 is 5.11 Å². The van der Waals surface area contributed by atoms with E-state index in [2.05, 4.69) is 11.9 Å². The van der Waals surface area contributed by atoms with Crippen molar-refractivity contribution in [2.75, 3.05) is 13.6 Å². The van der Waals surface area contributed by atoms with E-state index in [9.17, 15) is 5.11 Å². The minimum atomic E-state index is -0.273. The van der Waals surface area contributed by atoms with Crippen LogP contribution in [0.25, 0.3) is 0 Å². The second-order valence-electron chi connectivity index (χ2n) is 3.74. The Balaban J connectivity index is 2.03. The molecule has 0 aromatic rings. The zero-order chi connectivity index (χ0) is 7.19. The Bertz CT molecular complexity index is 142. The van der Waals surface area contributed by atoms with Crippen LogP contribution in [0.15, 0.2) is 0 Å². The Morgan fingerprint density at radius 2 is 2.20 bits per heavy atom. The minimum absolute atomic E-state index is 0.273. The minimum Gasteiger partial charge on any atom is -0.388 e. The highest BCUT2D eigenvalue weighted by molar-refractivity contribution is 5.05. The highest BCUT2D eigenvalue weighted by Crippen LogP contribution is 2.43. The number of likely N-dealkylation sites (N-methyl/N-ethyl adjacent to an activating group) is 1. The number of likely N-dealkylation sites (tertiary alicyclic amines) is 1. The molecular weight excluding hydrogens is 126 g/mol. The van der Waals surface area contributed by atoms with Crippen LogP contribution in [0.4, 0.5) is 0 Å². The third kappa shape index (κ3) is 0.867. The van der Waals surface area contributed by atoms with Crippen LogP contribution in [0.3, 0.4) is 0 Å². The summed E-state index contributed by atoms with van der Waals surface area (Å²) < 4.78 is 0. The van der Waals surface area contributed by atoms with Gasteiger partial charge in [-0.25, -0.2) is 0 Å². The summed E-state index contributed by atoms with van der Waals surface area (Å²) >= 11 is 0. The van der Waals surface area contributed by atoms with E-state index in [-0.39, 0.29) is 5.60 Å². The third-order valence-electron chi connectivity index (χ3n) is 2.90. The molecule has 2 aliphatic rings. The largest absolute Gasteiger partial charge is 0.388 e. The van der Waals surface area contributed by atoms with Crippen LogP contribution < -0.4 is 0 Å². The van der Waals surface area contributed by atoms with Gasteiger partial charge in [0.2, 0.25) is 0 Å². The number of aliphatic hydroxyl groups is 1.